The maximum atomic E-state index is 14.6. The van der Waals surface area contributed by atoms with E-state index in [0.717, 1.165) is 5.69 Å². The number of fused-ring (bicyclic) bond motifs is 5. The van der Waals surface area contributed by atoms with E-state index in [9.17, 15) is 18.8 Å². The number of likely N-dealkylation sites (tertiary alicyclic amines) is 1. The van der Waals surface area contributed by atoms with Crippen LogP contribution in [0.3, 0.4) is 0 Å². The zero-order valence-corrected chi connectivity index (χ0v) is 24.9. The van der Waals surface area contributed by atoms with E-state index in [1.807, 2.05) is 30.3 Å². The third-order valence-corrected chi connectivity index (χ3v) is 7.57. The van der Waals surface area contributed by atoms with Gasteiger partial charge in [-0.15, -0.1) is 0 Å². The molecule has 1 saturated heterocycles. The predicted molar refractivity (Wildman–Crippen MR) is 165 cm³/mol. The highest BCUT2D eigenvalue weighted by molar-refractivity contribution is 5.96. The molecule has 236 valence electrons. The molecule has 13 heteroatoms. The third kappa shape index (κ3) is 7.15. The monoisotopic (exact) mass is 626 g/mol. The molecule has 0 saturated carbocycles. The quantitative estimate of drug-likeness (QED) is 0.310. The average molecular weight is 627 g/mol. The van der Waals surface area contributed by atoms with Crippen LogP contribution in [0, 0.1) is 5.82 Å². The Morgan fingerprint density at radius 2 is 1.87 bits per heavy atom. The van der Waals surface area contributed by atoms with Crippen LogP contribution in [-0.4, -0.2) is 71.5 Å². The van der Waals surface area contributed by atoms with Crippen molar-refractivity contribution in [2.45, 2.75) is 25.1 Å². The number of ether oxygens (including phenoxy) is 3. The maximum Gasteiger partial charge on any atom is 0.258 e. The summed E-state index contributed by atoms with van der Waals surface area (Å²) in [7, 11) is 1.45. The van der Waals surface area contributed by atoms with Gasteiger partial charge in [0, 0.05) is 55.8 Å². The van der Waals surface area contributed by atoms with E-state index in [2.05, 4.69) is 25.9 Å². The van der Waals surface area contributed by atoms with Gasteiger partial charge in [-0.2, -0.15) is 0 Å². The molecule has 2 aliphatic rings. The lowest BCUT2D eigenvalue weighted by molar-refractivity contribution is -0.123. The largest absolute Gasteiger partial charge is 0.493 e. The first-order valence-electron chi connectivity index (χ1n) is 14.6. The maximum absolute atomic E-state index is 14.6. The molecule has 1 fully saturated rings. The van der Waals surface area contributed by atoms with Gasteiger partial charge in [0.25, 0.3) is 17.7 Å². The molecular weight excluding hydrogens is 595 g/mol. The van der Waals surface area contributed by atoms with Gasteiger partial charge in [0.2, 0.25) is 5.95 Å². The van der Waals surface area contributed by atoms with Crippen molar-refractivity contribution in [3.8, 4) is 17.2 Å². The number of amides is 3. The predicted octanol–water partition coefficient (Wildman–Crippen LogP) is 3.47. The first-order valence-corrected chi connectivity index (χ1v) is 14.6. The minimum Gasteiger partial charge on any atom is -0.493 e. The van der Waals surface area contributed by atoms with Crippen LogP contribution in [0.25, 0.3) is 0 Å². The summed E-state index contributed by atoms with van der Waals surface area (Å²) in [6.45, 7) is 0.104. The first-order chi connectivity index (χ1) is 22.3. The average Bonchev–Trinajstić information content (AvgIpc) is 3.07. The van der Waals surface area contributed by atoms with Crippen LogP contribution in [0.2, 0.25) is 0 Å². The molecule has 3 aromatic carbocycles. The molecule has 0 radical (unpaired) electrons. The van der Waals surface area contributed by atoms with Crippen molar-refractivity contribution in [2.75, 3.05) is 32.1 Å². The molecule has 12 nitrogen and oxygen atoms in total. The summed E-state index contributed by atoms with van der Waals surface area (Å²) < 4.78 is 31.8. The number of halogens is 1. The molecule has 2 atom stereocenters. The highest BCUT2D eigenvalue weighted by Crippen LogP contribution is 2.29. The van der Waals surface area contributed by atoms with Gasteiger partial charge in [-0.1, -0.05) is 18.2 Å². The van der Waals surface area contributed by atoms with E-state index in [-0.39, 0.29) is 48.2 Å². The van der Waals surface area contributed by atoms with Crippen LogP contribution >= 0.6 is 0 Å². The Bertz CT molecular complexity index is 1740. The molecule has 6 rings (SSSR count). The number of aromatic nitrogens is 2. The van der Waals surface area contributed by atoms with E-state index in [4.69, 9.17) is 14.2 Å². The number of rotatable bonds is 4. The van der Waals surface area contributed by atoms with E-state index < -0.39 is 29.8 Å². The van der Waals surface area contributed by atoms with Crippen molar-refractivity contribution in [2.24, 2.45) is 0 Å². The zero-order chi connectivity index (χ0) is 32.0. The van der Waals surface area contributed by atoms with Crippen molar-refractivity contribution in [3.05, 3.63) is 102 Å². The molecule has 0 unspecified atom stereocenters. The smallest absolute Gasteiger partial charge is 0.258 e. The number of hydrogen-bond acceptors (Lipinski definition) is 9. The number of methoxy groups -OCH3 is 1. The molecule has 3 heterocycles. The number of carbonyl (C=O) groups is 3. The molecule has 0 spiro atoms. The minimum atomic E-state index is -0.670. The second-order valence-electron chi connectivity index (χ2n) is 10.8. The fraction of sp³-hybridized carbons (Fsp3) is 0.242. The Labute approximate surface area is 263 Å². The SMILES string of the molecule is COc1ccc2cc1OCC(=O)NCc1cc(F)cc(c1)O[C@@H]1CCN(C(=O)c3cnc(Nc4ccccc4)nc3)C[C@@H]1NC2=O. The number of hydrogen-bond donors (Lipinski definition) is 3. The summed E-state index contributed by atoms with van der Waals surface area (Å²) in [4.78, 5) is 49.7. The number of anilines is 2. The second kappa shape index (κ2) is 13.5. The van der Waals surface area contributed by atoms with Gasteiger partial charge in [0.1, 0.15) is 17.7 Å². The Balaban J connectivity index is 1.25. The third-order valence-electron chi connectivity index (χ3n) is 7.57. The molecule has 4 bridgehead atoms. The number of nitrogens with zero attached hydrogens (tertiary/aromatic N) is 3. The van der Waals surface area contributed by atoms with Gasteiger partial charge < -0.3 is 35.1 Å². The lowest BCUT2D eigenvalue weighted by Gasteiger charge is -2.39. The zero-order valence-electron chi connectivity index (χ0n) is 24.9. The minimum absolute atomic E-state index is 0.0440. The first kappa shape index (κ1) is 30.3. The number of para-hydroxylation sites is 1. The van der Waals surface area contributed by atoms with Crippen molar-refractivity contribution < 1.29 is 33.0 Å². The van der Waals surface area contributed by atoms with Crippen LogP contribution in [0.5, 0.6) is 17.2 Å². The Hall–Kier alpha value is -5.72. The fourth-order valence-corrected chi connectivity index (χ4v) is 5.27. The van der Waals surface area contributed by atoms with Crippen LogP contribution in [0.4, 0.5) is 16.0 Å². The summed E-state index contributed by atoms with van der Waals surface area (Å²) in [6, 6.07) is 17.5. The number of nitrogens with one attached hydrogen (secondary N) is 3. The molecule has 2 aliphatic heterocycles. The van der Waals surface area contributed by atoms with Crippen molar-refractivity contribution in [1.82, 2.24) is 25.5 Å². The standard InChI is InChI=1S/C33H31FN6O6/c1-44-28-8-7-21-13-29(28)45-19-30(41)35-15-20-11-23(34)14-25(12-20)46-27-9-10-40(18-26(27)39-31(21)42)32(43)22-16-36-33(37-17-22)38-24-5-3-2-4-6-24/h2-8,11-14,16-17,26-27H,9-10,15,18-19H2,1H3,(H,35,41)(H,39,42)(H,36,37,38)/t26-,27+/m0/s1. The lowest BCUT2D eigenvalue weighted by Crippen LogP contribution is -2.58. The van der Waals surface area contributed by atoms with Gasteiger partial charge in [-0.05, 0) is 48.0 Å². The molecule has 3 N–H and O–H groups in total. The van der Waals surface area contributed by atoms with Crippen LogP contribution in [0.15, 0.2) is 79.1 Å². The molecular formula is C33H31FN6O6. The van der Waals surface area contributed by atoms with Gasteiger partial charge in [-0.3, -0.25) is 14.4 Å². The van der Waals surface area contributed by atoms with Crippen LogP contribution < -0.4 is 30.2 Å². The summed E-state index contributed by atoms with van der Waals surface area (Å²) in [5.41, 5.74) is 1.82. The number of piperidine rings is 1. The normalized spacial score (nSPS) is 18.2. The van der Waals surface area contributed by atoms with Gasteiger partial charge >= 0.3 is 0 Å². The Morgan fingerprint density at radius 3 is 2.65 bits per heavy atom. The van der Waals surface area contributed by atoms with E-state index in [1.165, 1.54) is 37.7 Å². The summed E-state index contributed by atoms with van der Waals surface area (Å²) in [6.07, 6.45) is 2.64. The number of benzene rings is 3. The second-order valence-corrected chi connectivity index (χ2v) is 10.8. The van der Waals surface area contributed by atoms with E-state index >= 15 is 0 Å². The van der Waals surface area contributed by atoms with E-state index in [1.54, 1.807) is 23.1 Å². The molecule has 1 aromatic heterocycles. The van der Waals surface area contributed by atoms with Crippen LogP contribution in [0.1, 0.15) is 32.7 Å². The Kier molecular flexibility index (Phi) is 8.90. The van der Waals surface area contributed by atoms with Crippen molar-refractivity contribution in [1.29, 1.82) is 0 Å². The van der Waals surface area contributed by atoms with Gasteiger partial charge in [-0.25, -0.2) is 14.4 Å². The molecule has 46 heavy (non-hydrogen) atoms. The lowest BCUT2D eigenvalue weighted by atomic mass is 10.00. The Morgan fingerprint density at radius 1 is 1.07 bits per heavy atom. The summed E-state index contributed by atoms with van der Waals surface area (Å²) in [5.74, 6) is -0.647. The highest BCUT2D eigenvalue weighted by Gasteiger charge is 2.35. The molecule has 4 aromatic rings. The van der Waals surface area contributed by atoms with E-state index in [0.29, 0.717) is 30.2 Å². The summed E-state index contributed by atoms with van der Waals surface area (Å²) >= 11 is 0. The van der Waals surface area contributed by atoms with Gasteiger partial charge in [0.15, 0.2) is 18.1 Å². The number of carbonyl (C=O) groups excluding carboxylic acids is 3. The topological polar surface area (TPSA) is 144 Å². The molecule has 0 aliphatic carbocycles. The van der Waals surface area contributed by atoms with Crippen molar-refractivity contribution in [3.63, 3.8) is 0 Å². The van der Waals surface area contributed by atoms with Crippen molar-refractivity contribution >= 4 is 29.4 Å². The molecule has 3 amide bonds. The van der Waals surface area contributed by atoms with Gasteiger partial charge in [0.05, 0.1) is 18.7 Å². The summed E-state index contributed by atoms with van der Waals surface area (Å²) in [5, 5.41) is 8.76. The van der Waals surface area contributed by atoms with Crippen LogP contribution in [-0.2, 0) is 11.3 Å². The fourth-order valence-electron chi connectivity index (χ4n) is 5.27. The highest BCUT2D eigenvalue weighted by atomic mass is 19.1.